The van der Waals surface area contributed by atoms with Crippen molar-refractivity contribution in [2.45, 2.75) is 10.7 Å². The molecule has 1 rings (SSSR count). The zero-order valence-corrected chi connectivity index (χ0v) is 7.22. The Morgan fingerprint density at radius 3 is 2.69 bits per heavy atom. The third-order valence-electron chi connectivity index (χ3n) is 1.31. The number of rotatable bonds is 3. The summed E-state index contributed by atoms with van der Waals surface area (Å²) in [6.45, 7) is 0. The molecule has 0 atom stereocenters. The number of carboxylic acid groups (broad SMARTS) is 1. The lowest BCUT2D eigenvalue weighted by molar-refractivity contribution is 0.0696. The summed E-state index contributed by atoms with van der Waals surface area (Å²) in [7, 11) is 0. The summed E-state index contributed by atoms with van der Waals surface area (Å²) in [5.74, 6) is -3.64. The van der Waals surface area contributed by atoms with Crippen molar-refractivity contribution in [3.05, 3.63) is 29.8 Å². The van der Waals surface area contributed by atoms with Gasteiger partial charge in [-0.15, -0.1) is 0 Å². The summed E-state index contributed by atoms with van der Waals surface area (Å²) in [5, 5.41) is 8.55. The Morgan fingerprint density at radius 1 is 1.46 bits per heavy atom. The smallest absolute Gasteiger partial charge is 0.335 e. The van der Waals surface area contributed by atoms with Crippen LogP contribution in [0.25, 0.3) is 0 Å². The molecule has 1 aromatic carbocycles. The molecule has 0 saturated carbocycles. The SMILES string of the molecule is O=C(O)c1cccc(SC(F)F)c1. The van der Waals surface area contributed by atoms with Gasteiger partial charge in [0.25, 0.3) is 5.76 Å². The fourth-order valence-electron chi connectivity index (χ4n) is 0.805. The second-order valence-corrected chi connectivity index (χ2v) is 3.27. The van der Waals surface area contributed by atoms with Gasteiger partial charge in [-0.3, -0.25) is 0 Å². The highest BCUT2D eigenvalue weighted by Gasteiger charge is 2.07. The Kier molecular flexibility index (Phi) is 3.25. The highest BCUT2D eigenvalue weighted by Crippen LogP contribution is 2.25. The lowest BCUT2D eigenvalue weighted by atomic mass is 10.2. The standard InChI is InChI=1S/C8H6F2O2S/c9-8(10)13-6-3-1-2-5(4-6)7(11)12/h1-4,8H,(H,11,12). The summed E-state index contributed by atoms with van der Waals surface area (Å²) in [5.41, 5.74) is 0.0191. The van der Waals surface area contributed by atoms with E-state index >= 15 is 0 Å². The number of benzene rings is 1. The van der Waals surface area contributed by atoms with Crippen molar-refractivity contribution in [3.63, 3.8) is 0 Å². The zero-order valence-electron chi connectivity index (χ0n) is 6.41. The highest BCUT2D eigenvalue weighted by atomic mass is 32.2. The van der Waals surface area contributed by atoms with Crippen LogP contribution in [0.2, 0.25) is 0 Å². The van der Waals surface area contributed by atoms with Gasteiger partial charge in [0.1, 0.15) is 0 Å². The molecule has 2 nitrogen and oxygen atoms in total. The molecule has 0 bridgehead atoms. The van der Waals surface area contributed by atoms with Gasteiger partial charge in [0.05, 0.1) is 5.56 Å². The molecule has 0 radical (unpaired) electrons. The first-order chi connectivity index (χ1) is 6.09. The molecule has 0 aromatic heterocycles. The van der Waals surface area contributed by atoms with Crippen molar-refractivity contribution < 1.29 is 18.7 Å². The Labute approximate surface area is 77.6 Å². The van der Waals surface area contributed by atoms with Crippen molar-refractivity contribution in [3.8, 4) is 0 Å². The van der Waals surface area contributed by atoms with Crippen LogP contribution in [-0.4, -0.2) is 16.8 Å². The number of aromatic carboxylic acids is 1. The number of carbonyl (C=O) groups is 1. The zero-order chi connectivity index (χ0) is 9.84. The first-order valence-corrected chi connectivity index (χ1v) is 4.26. The van der Waals surface area contributed by atoms with Gasteiger partial charge >= 0.3 is 5.97 Å². The normalized spacial score (nSPS) is 10.4. The van der Waals surface area contributed by atoms with Crippen LogP contribution in [0, 0.1) is 0 Å². The van der Waals surface area contributed by atoms with E-state index in [1.165, 1.54) is 24.3 Å². The van der Waals surface area contributed by atoms with E-state index in [-0.39, 0.29) is 10.5 Å². The number of halogens is 2. The van der Waals surface area contributed by atoms with Gasteiger partial charge in [0.2, 0.25) is 0 Å². The Balaban J connectivity index is 2.85. The van der Waals surface area contributed by atoms with Gasteiger partial charge in [-0.05, 0) is 18.2 Å². The molecule has 1 aromatic rings. The molecule has 0 amide bonds. The summed E-state index contributed by atoms with van der Waals surface area (Å²) in [6, 6.07) is 5.47. The number of thioether (sulfide) groups is 1. The number of hydrogen-bond donors (Lipinski definition) is 1. The van der Waals surface area contributed by atoms with Crippen LogP contribution in [0.4, 0.5) is 8.78 Å². The van der Waals surface area contributed by atoms with Gasteiger partial charge < -0.3 is 5.11 Å². The summed E-state index contributed by atoms with van der Waals surface area (Å²) in [4.78, 5) is 10.7. The van der Waals surface area contributed by atoms with Gasteiger partial charge in [-0.25, -0.2) is 4.79 Å². The number of alkyl halides is 2. The largest absolute Gasteiger partial charge is 0.478 e. The average Bonchev–Trinajstić information content (AvgIpc) is 2.03. The Morgan fingerprint density at radius 2 is 2.15 bits per heavy atom. The van der Waals surface area contributed by atoms with Gasteiger partial charge in [0.15, 0.2) is 0 Å². The number of hydrogen-bond acceptors (Lipinski definition) is 2. The van der Waals surface area contributed by atoms with E-state index in [0.717, 1.165) is 0 Å². The third-order valence-corrected chi connectivity index (χ3v) is 2.01. The Bertz CT molecular complexity index is 315. The van der Waals surface area contributed by atoms with Crippen molar-refractivity contribution in [2.24, 2.45) is 0 Å². The summed E-state index contributed by atoms with van der Waals surface area (Å²) in [6.07, 6.45) is 0. The number of carboxylic acids is 1. The molecule has 0 aliphatic rings. The summed E-state index contributed by atoms with van der Waals surface area (Å²) >= 11 is 0.333. The molecular formula is C8H6F2O2S. The van der Waals surface area contributed by atoms with Crippen LogP contribution in [-0.2, 0) is 0 Å². The van der Waals surface area contributed by atoms with Crippen LogP contribution in [0.15, 0.2) is 29.2 Å². The van der Waals surface area contributed by atoms with Gasteiger partial charge in [-0.2, -0.15) is 8.78 Å². The maximum atomic E-state index is 11.9. The summed E-state index contributed by atoms with van der Waals surface area (Å²) < 4.78 is 23.7. The molecule has 0 aliphatic carbocycles. The van der Waals surface area contributed by atoms with E-state index in [4.69, 9.17) is 5.11 Å². The molecule has 1 N–H and O–H groups in total. The molecule has 0 saturated heterocycles. The van der Waals surface area contributed by atoms with Crippen LogP contribution in [0.5, 0.6) is 0 Å². The van der Waals surface area contributed by atoms with Crippen molar-refractivity contribution in [2.75, 3.05) is 0 Å². The minimum absolute atomic E-state index is 0.0191. The monoisotopic (exact) mass is 204 g/mol. The first-order valence-electron chi connectivity index (χ1n) is 3.38. The predicted molar refractivity (Wildman–Crippen MR) is 45.3 cm³/mol. The fraction of sp³-hybridized carbons (Fsp3) is 0.125. The highest BCUT2D eigenvalue weighted by molar-refractivity contribution is 7.99. The van der Waals surface area contributed by atoms with Crippen LogP contribution >= 0.6 is 11.8 Å². The van der Waals surface area contributed by atoms with E-state index in [1.807, 2.05) is 0 Å². The lowest BCUT2D eigenvalue weighted by Gasteiger charge is -2.00. The first kappa shape index (κ1) is 9.98. The molecule has 70 valence electrons. The third kappa shape index (κ3) is 3.02. The molecule has 5 heteroatoms. The predicted octanol–water partition coefficient (Wildman–Crippen LogP) is 2.70. The van der Waals surface area contributed by atoms with E-state index in [0.29, 0.717) is 11.8 Å². The van der Waals surface area contributed by atoms with Crippen molar-refractivity contribution >= 4 is 17.7 Å². The van der Waals surface area contributed by atoms with E-state index in [2.05, 4.69) is 0 Å². The van der Waals surface area contributed by atoms with E-state index < -0.39 is 11.7 Å². The molecule has 0 spiro atoms. The molecule has 13 heavy (non-hydrogen) atoms. The minimum Gasteiger partial charge on any atom is -0.478 e. The van der Waals surface area contributed by atoms with Gasteiger partial charge in [-0.1, -0.05) is 17.8 Å². The maximum absolute atomic E-state index is 11.9. The minimum atomic E-state index is -2.52. The van der Waals surface area contributed by atoms with Crippen molar-refractivity contribution in [1.29, 1.82) is 0 Å². The van der Waals surface area contributed by atoms with Crippen LogP contribution in [0.3, 0.4) is 0 Å². The molecule has 0 heterocycles. The lowest BCUT2D eigenvalue weighted by Crippen LogP contribution is -1.95. The van der Waals surface area contributed by atoms with Gasteiger partial charge in [0, 0.05) is 4.90 Å². The van der Waals surface area contributed by atoms with Crippen LogP contribution < -0.4 is 0 Å². The van der Waals surface area contributed by atoms with E-state index in [1.54, 1.807) is 0 Å². The molecular weight excluding hydrogens is 198 g/mol. The second-order valence-electron chi connectivity index (χ2n) is 2.21. The quantitative estimate of drug-likeness (QED) is 0.769. The second kappa shape index (κ2) is 4.23. The molecule has 0 unspecified atom stereocenters. The fourth-order valence-corrected chi connectivity index (χ4v) is 1.36. The topological polar surface area (TPSA) is 37.3 Å². The Hall–Kier alpha value is -1.10. The van der Waals surface area contributed by atoms with Crippen LogP contribution in [0.1, 0.15) is 10.4 Å². The van der Waals surface area contributed by atoms with E-state index in [9.17, 15) is 13.6 Å². The van der Waals surface area contributed by atoms with Crippen molar-refractivity contribution in [1.82, 2.24) is 0 Å². The molecule has 0 aliphatic heterocycles. The maximum Gasteiger partial charge on any atom is 0.335 e. The average molecular weight is 204 g/mol. The molecule has 0 fully saturated rings.